The summed E-state index contributed by atoms with van der Waals surface area (Å²) in [5, 5.41) is 2.59. The second-order valence-corrected chi connectivity index (χ2v) is 5.43. The van der Waals surface area contributed by atoms with Gasteiger partial charge in [0.05, 0.1) is 11.7 Å². The number of hydrogen-bond acceptors (Lipinski definition) is 1. The minimum absolute atomic E-state index is 0.871. The van der Waals surface area contributed by atoms with Gasteiger partial charge in [-0.3, -0.25) is 4.98 Å². The van der Waals surface area contributed by atoms with Crippen LogP contribution < -0.4 is 0 Å². The molecule has 0 aliphatic carbocycles. The summed E-state index contributed by atoms with van der Waals surface area (Å²) < 4.78 is 2.35. The Morgan fingerprint density at radius 1 is 0.857 bits per heavy atom. The van der Waals surface area contributed by atoms with Crippen LogP contribution in [-0.2, 0) is 6.54 Å². The van der Waals surface area contributed by atoms with Crippen molar-refractivity contribution >= 4 is 21.8 Å². The molecule has 0 saturated heterocycles. The zero-order chi connectivity index (χ0) is 14.2. The number of fused-ring (bicyclic) bond motifs is 3. The molecule has 0 radical (unpaired) electrons. The van der Waals surface area contributed by atoms with Crippen molar-refractivity contribution in [2.24, 2.45) is 0 Å². The van der Waals surface area contributed by atoms with Gasteiger partial charge in [-0.1, -0.05) is 48.5 Å². The summed E-state index contributed by atoms with van der Waals surface area (Å²) in [5.74, 6) is 0. The zero-order valence-corrected chi connectivity index (χ0v) is 12.0. The van der Waals surface area contributed by atoms with Crippen LogP contribution >= 0.6 is 0 Å². The van der Waals surface area contributed by atoms with Crippen LogP contribution in [0.3, 0.4) is 0 Å². The van der Waals surface area contributed by atoms with E-state index >= 15 is 0 Å². The third-order valence-electron chi connectivity index (χ3n) is 3.98. The molecule has 0 saturated carbocycles. The monoisotopic (exact) mass is 272 g/mol. The van der Waals surface area contributed by atoms with Crippen molar-refractivity contribution in [2.45, 2.75) is 13.5 Å². The number of benzene rings is 2. The lowest BCUT2D eigenvalue weighted by Crippen LogP contribution is -1.99. The number of pyridine rings is 1. The molecule has 2 heterocycles. The Hall–Kier alpha value is -2.61. The maximum absolute atomic E-state index is 4.48. The van der Waals surface area contributed by atoms with Crippen LogP contribution in [0.1, 0.15) is 11.3 Å². The van der Waals surface area contributed by atoms with Crippen LogP contribution in [0.25, 0.3) is 21.8 Å². The number of rotatable bonds is 2. The first kappa shape index (κ1) is 12.2. The number of nitrogens with zero attached hydrogens (tertiary/aromatic N) is 2. The standard InChI is InChI=1S/C19H16N2/c1-14-11-17-16-9-5-6-10-18(16)21(19(17)12-20-14)13-15-7-3-2-4-8-15/h2-12H,13H2,1H3. The van der Waals surface area contributed by atoms with Crippen LogP contribution in [0.4, 0.5) is 0 Å². The molecule has 4 rings (SSSR count). The third-order valence-corrected chi connectivity index (χ3v) is 3.98. The Morgan fingerprint density at radius 3 is 2.48 bits per heavy atom. The Bertz CT molecular complexity index is 920. The van der Waals surface area contributed by atoms with Gasteiger partial charge in [0, 0.05) is 28.5 Å². The fourth-order valence-electron chi connectivity index (χ4n) is 2.99. The highest BCUT2D eigenvalue weighted by Crippen LogP contribution is 2.29. The molecule has 0 amide bonds. The fourth-order valence-corrected chi connectivity index (χ4v) is 2.99. The Kier molecular flexibility index (Phi) is 2.74. The van der Waals surface area contributed by atoms with Crippen molar-refractivity contribution in [1.29, 1.82) is 0 Å². The van der Waals surface area contributed by atoms with Gasteiger partial charge in [-0.05, 0) is 24.6 Å². The maximum Gasteiger partial charge on any atom is 0.0681 e. The molecule has 0 aliphatic heterocycles. The second kappa shape index (κ2) is 4.74. The highest BCUT2D eigenvalue weighted by Gasteiger charge is 2.10. The number of para-hydroxylation sites is 1. The van der Waals surface area contributed by atoms with E-state index in [0.717, 1.165) is 12.2 Å². The predicted molar refractivity (Wildman–Crippen MR) is 87.5 cm³/mol. The van der Waals surface area contributed by atoms with E-state index in [1.54, 1.807) is 0 Å². The molecule has 2 aromatic carbocycles. The molecule has 0 spiro atoms. The second-order valence-electron chi connectivity index (χ2n) is 5.43. The van der Waals surface area contributed by atoms with Gasteiger partial charge in [-0.2, -0.15) is 0 Å². The predicted octanol–water partition coefficient (Wildman–Crippen LogP) is 4.55. The van der Waals surface area contributed by atoms with Gasteiger partial charge < -0.3 is 4.57 Å². The highest BCUT2D eigenvalue weighted by molar-refractivity contribution is 6.07. The van der Waals surface area contributed by atoms with Crippen LogP contribution in [0.5, 0.6) is 0 Å². The van der Waals surface area contributed by atoms with Crippen LogP contribution in [0, 0.1) is 6.92 Å². The SMILES string of the molecule is Cc1cc2c3ccccc3n(Cc3ccccc3)c2cn1. The molecular formula is C19H16N2. The van der Waals surface area contributed by atoms with Crippen molar-refractivity contribution < 1.29 is 0 Å². The summed E-state index contributed by atoms with van der Waals surface area (Å²) in [7, 11) is 0. The molecule has 2 nitrogen and oxygen atoms in total. The van der Waals surface area contributed by atoms with E-state index in [1.807, 2.05) is 13.1 Å². The fraction of sp³-hybridized carbons (Fsp3) is 0.105. The normalized spacial score (nSPS) is 11.3. The molecule has 102 valence electrons. The minimum atomic E-state index is 0.871. The first-order chi connectivity index (χ1) is 10.3. The van der Waals surface area contributed by atoms with Crippen molar-refractivity contribution in [3.05, 3.63) is 78.1 Å². The van der Waals surface area contributed by atoms with Gasteiger partial charge in [0.1, 0.15) is 0 Å². The molecule has 21 heavy (non-hydrogen) atoms. The first-order valence-electron chi connectivity index (χ1n) is 7.20. The summed E-state index contributed by atoms with van der Waals surface area (Å²) in [6, 6.07) is 21.3. The van der Waals surface area contributed by atoms with E-state index in [0.29, 0.717) is 0 Å². The Labute approximate surface area is 123 Å². The highest BCUT2D eigenvalue weighted by atomic mass is 15.0. The molecule has 4 aromatic rings. The van der Waals surface area contributed by atoms with Gasteiger partial charge in [0.25, 0.3) is 0 Å². The van der Waals surface area contributed by atoms with E-state index in [2.05, 4.69) is 70.2 Å². The van der Waals surface area contributed by atoms with Gasteiger partial charge >= 0.3 is 0 Å². The zero-order valence-electron chi connectivity index (χ0n) is 12.0. The van der Waals surface area contributed by atoms with Crippen LogP contribution in [0.15, 0.2) is 66.9 Å². The molecule has 0 fully saturated rings. The summed E-state index contributed by atoms with van der Waals surface area (Å²) in [6.45, 7) is 2.92. The number of hydrogen-bond donors (Lipinski definition) is 0. The molecule has 0 atom stereocenters. The van der Waals surface area contributed by atoms with Crippen molar-refractivity contribution in [1.82, 2.24) is 9.55 Å². The van der Waals surface area contributed by atoms with E-state index in [9.17, 15) is 0 Å². The summed E-state index contributed by atoms with van der Waals surface area (Å²) in [6.07, 6.45) is 1.99. The summed E-state index contributed by atoms with van der Waals surface area (Å²) in [4.78, 5) is 4.48. The molecular weight excluding hydrogens is 256 g/mol. The molecule has 0 unspecified atom stereocenters. The molecule has 0 N–H and O–H groups in total. The number of aromatic nitrogens is 2. The van der Waals surface area contributed by atoms with Crippen molar-refractivity contribution in [2.75, 3.05) is 0 Å². The lowest BCUT2D eigenvalue weighted by molar-refractivity contribution is 0.866. The topological polar surface area (TPSA) is 17.8 Å². The average Bonchev–Trinajstić information content (AvgIpc) is 2.82. The van der Waals surface area contributed by atoms with Crippen molar-refractivity contribution in [3.8, 4) is 0 Å². The Morgan fingerprint density at radius 2 is 1.62 bits per heavy atom. The quantitative estimate of drug-likeness (QED) is 0.523. The average molecular weight is 272 g/mol. The van der Waals surface area contributed by atoms with E-state index in [-0.39, 0.29) is 0 Å². The van der Waals surface area contributed by atoms with E-state index in [1.165, 1.54) is 27.4 Å². The largest absolute Gasteiger partial charge is 0.335 e. The minimum Gasteiger partial charge on any atom is -0.335 e. The van der Waals surface area contributed by atoms with Crippen molar-refractivity contribution in [3.63, 3.8) is 0 Å². The van der Waals surface area contributed by atoms with Gasteiger partial charge in [0.2, 0.25) is 0 Å². The lowest BCUT2D eigenvalue weighted by atomic mass is 10.2. The van der Waals surface area contributed by atoms with Gasteiger partial charge in [-0.25, -0.2) is 0 Å². The molecule has 0 bridgehead atoms. The third kappa shape index (κ3) is 2.00. The van der Waals surface area contributed by atoms with E-state index < -0.39 is 0 Å². The van der Waals surface area contributed by atoms with E-state index in [4.69, 9.17) is 0 Å². The van der Waals surface area contributed by atoms with Gasteiger partial charge in [-0.15, -0.1) is 0 Å². The number of aryl methyl sites for hydroxylation is 1. The Balaban J connectivity index is 2.01. The molecule has 2 aromatic heterocycles. The first-order valence-corrected chi connectivity index (χ1v) is 7.20. The smallest absolute Gasteiger partial charge is 0.0681 e. The maximum atomic E-state index is 4.48. The van der Waals surface area contributed by atoms with Gasteiger partial charge in [0.15, 0.2) is 0 Å². The van der Waals surface area contributed by atoms with Crippen LogP contribution in [0.2, 0.25) is 0 Å². The van der Waals surface area contributed by atoms with Crippen LogP contribution in [-0.4, -0.2) is 9.55 Å². The lowest BCUT2D eigenvalue weighted by Gasteiger charge is -2.07. The molecule has 0 aliphatic rings. The summed E-state index contributed by atoms with van der Waals surface area (Å²) in [5.41, 5.74) is 4.83. The summed E-state index contributed by atoms with van der Waals surface area (Å²) >= 11 is 0. The molecule has 2 heteroatoms.